The Morgan fingerprint density at radius 3 is 2.39 bits per heavy atom. The van der Waals surface area contributed by atoms with Gasteiger partial charge in [0.2, 0.25) is 11.2 Å². The van der Waals surface area contributed by atoms with Crippen LogP contribution in [0.1, 0.15) is 11.1 Å². The molecule has 0 saturated heterocycles. The summed E-state index contributed by atoms with van der Waals surface area (Å²) in [5.74, 6) is 1.04. The van der Waals surface area contributed by atoms with Gasteiger partial charge in [-0.05, 0) is 41.3 Å². The molecule has 1 aliphatic heterocycles. The average molecular weight is 448 g/mol. The first-order valence-corrected chi connectivity index (χ1v) is 9.97. The summed E-state index contributed by atoms with van der Waals surface area (Å²) in [6.45, 7) is 0.753. The van der Waals surface area contributed by atoms with Gasteiger partial charge in [-0.15, -0.1) is 0 Å². The first-order valence-electron chi connectivity index (χ1n) is 9.60. The van der Waals surface area contributed by atoms with Crippen molar-refractivity contribution >= 4 is 28.7 Å². The molecule has 11 heteroatoms. The highest BCUT2D eigenvalue weighted by Crippen LogP contribution is 2.33. The van der Waals surface area contributed by atoms with E-state index in [1.165, 1.54) is 23.2 Å². The van der Waals surface area contributed by atoms with E-state index < -0.39 is 11.2 Å². The fraction of sp³-hybridized carbons (Fsp3) is 0.400. The molecule has 3 aromatic rings. The fourth-order valence-electron chi connectivity index (χ4n) is 3.90. The third kappa shape index (κ3) is 3.36. The normalized spacial score (nSPS) is 13.4. The van der Waals surface area contributed by atoms with E-state index in [0.29, 0.717) is 31.0 Å². The van der Waals surface area contributed by atoms with Crippen molar-refractivity contribution < 1.29 is 14.3 Å². The molecule has 0 unspecified atom stereocenters. The van der Waals surface area contributed by atoms with E-state index in [-0.39, 0.29) is 28.9 Å². The zero-order chi connectivity index (χ0) is 22.4. The van der Waals surface area contributed by atoms with Gasteiger partial charge in [0.1, 0.15) is 6.54 Å². The lowest BCUT2D eigenvalue weighted by Crippen LogP contribution is -2.40. The third-order valence-corrected chi connectivity index (χ3v) is 5.95. The molecule has 0 spiro atoms. The summed E-state index contributed by atoms with van der Waals surface area (Å²) in [6.07, 6.45) is 0.663. The standard InChI is InChI=1S/C20H22ClN5O5/c1-23-17-16(18(28)24(2)20(23)29)26(19(21)22-17)10-15(27)25-6-5-11-7-13(30-3)14(31-4)8-12(11)9-25/h7-8H,5-6,9-10H2,1-4H3. The van der Waals surface area contributed by atoms with Gasteiger partial charge in [0.25, 0.3) is 5.56 Å². The van der Waals surface area contributed by atoms with Gasteiger partial charge in [0.05, 0.1) is 14.2 Å². The number of amides is 1. The van der Waals surface area contributed by atoms with Gasteiger partial charge in [0.15, 0.2) is 22.7 Å². The number of ether oxygens (including phenoxy) is 2. The van der Waals surface area contributed by atoms with Crippen LogP contribution in [-0.4, -0.2) is 50.3 Å². The van der Waals surface area contributed by atoms with Gasteiger partial charge in [-0.1, -0.05) is 0 Å². The molecule has 0 bridgehead atoms. The monoisotopic (exact) mass is 447 g/mol. The number of benzene rings is 1. The van der Waals surface area contributed by atoms with Crippen molar-refractivity contribution in [3.05, 3.63) is 49.4 Å². The van der Waals surface area contributed by atoms with Crippen LogP contribution in [-0.2, 0) is 38.4 Å². The number of imidazole rings is 1. The lowest BCUT2D eigenvalue weighted by atomic mass is 9.98. The quantitative estimate of drug-likeness (QED) is 0.545. The highest BCUT2D eigenvalue weighted by Gasteiger charge is 2.25. The van der Waals surface area contributed by atoms with Crippen LogP contribution in [0.25, 0.3) is 11.2 Å². The van der Waals surface area contributed by atoms with Crippen molar-refractivity contribution in [1.29, 1.82) is 0 Å². The zero-order valence-electron chi connectivity index (χ0n) is 17.6. The molecule has 1 aliphatic rings. The van der Waals surface area contributed by atoms with E-state index in [9.17, 15) is 14.4 Å². The molecule has 1 aromatic carbocycles. The molecule has 31 heavy (non-hydrogen) atoms. The summed E-state index contributed by atoms with van der Waals surface area (Å²) in [6, 6.07) is 3.80. The largest absolute Gasteiger partial charge is 0.493 e. The number of aryl methyl sites for hydroxylation is 1. The van der Waals surface area contributed by atoms with E-state index in [1.54, 1.807) is 19.1 Å². The van der Waals surface area contributed by atoms with Crippen molar-refractivity contribution in [2.24, 2.45) is 14.1 Å². The maximum Gasteiger partial charge on any atom is 0.332 e. The van der Waals surface area contributed by atoms with E-state index >= 15 is 0 Å². The van der Waals surface area contributed by atoms with E-state index in [1.807, 2.05) is 12.1 Å². The molecule has 3 heterocycles. The number of nitrogens with zero attached hydrogens (tertiary/aromatic N) is 5. The summed E-state index contributed by atoms with van der Waals surface area (Å²) < 4.78 is 14.3. The van der Waals surface area contributed by atoms with Crippen molar-refractivity contribution in [2.75, 3.05) is 20.8 Å². The first-order chi connectivity index (χ1) is 14.8. The number of halogens is 1. The van der Waals surface area contributed by atoms with Crippen LogP contribution in [0.5, 0.6) is 11.5 Å². The molecule has 2 aromatic heterocycles. The summed E-state index contributed by atoms with van der Waals surface area (Å²) in [4.78, 5) is 43.7. The highest BCUT2D eigenvalue weighted by molar-refractivity contribution is 6.29. The Morgan fingerprint density at radius 1 is 1.10 bits per heavy atom. The Balaban J connectivity index is 1.66. The summed E-state index contributed by atoms with van der Waals surface area (Å²) in [7, 11) is 6.03. The van der Waals surface area contributed by atoms with Gasteiger partial charge < -0.3 is 14.4 Å². The highest BCUT2D eigenvalue weighted by atomic mass is 35.5. The Kier molecular flexibility index (Phi) is 5.26. The third-order valence-electron chi connectivity index (χ3n) is 5.67. The van der Waals surface area contributed by atoms with Crippen molar-refractivity contribution in [3.8, 4) is 11.5 Å². The summed E-state index contributed by atoms with van der Waals surface area (Å²) >= 11 is 6.24. The average Bonchev–Trinajstić information content (AvgIpc) is 3.10. The maximum absolute atomic E-state index is 13.1. The molecule has 0 atom stereocenters. The van der Waals surface area contributed by atoms with Gasteiger partial charge in [-0.3, -0.25) is 23.3 Å². The first kappa shape index (κ1) is 21.0. The molecule has 0 radical (unpaired) electrons. The van der Waals surface area contributed by atoms with Crippen LogP contribution in [0.15, 0.2) is 21.7 Å². The minimum absolute atomic E-state index is 0.0227. The molecular weight excluding hydrogens is 426 g/mol. The number of hydrogen-bond donors (Lipinski definition) is 0. The molecule has 0 aliphatic carbocycles. The number of carbonyl (C=O) groups is 1. The molecule has 164 valence electrons. The predicted octanol–water partition coefficient (Wildman–Crippen LogP) is 0.689. The fourth-order valence-corrected chi connectivity index (χ4v) is 4.12. The van der Waals surface area contributed by atoms with Crippen LogP contribution < -0.4 is 20.7 Å². The molecular formula is C20H22ClN5O5. The maximum atomic E-state index is 13.1. The van der Waals surface area contributed by atoms with Crippen molar-refractivity contribution in [3.63, 3.8) is 0 Å². The lowest BCUT2D eigenvalue weighted by molar-refractivity contribution is -0.132. The second-order valence-electron chi connectivity index (χ2n) is 7.39. The second kappa shape index (κ2) is 7.77. The Morgan fingerprint density at radius 2 is 1.74 bits per heavy atom. The van der Waals surface area contributed by atoms with Gasteiger partial charge >= 0.3 is 5.69 Å². The zero-order valence-corrected chi connectivity index (χ0v) is 18.4. The van der Waals surface area contributed by atoms with Crippen molar-refractivity contribution in [1.82, 2.24) is 23.6 Å². The topological polar surface area (TPSA) is 101 Å². The predicted molar refractivity (Wildman–Crippen MR) is 114 cm³/mol. The minimum atomic E-state index is -0.550. The Labute approximate surface area is 182 Å². The van der Waals surface area contributed by atoms with Crippen molar-refractivity contribution in [2.45, 2.75) is 19.5 Å². The van der Waals surface area contributed by atoms with Crippen LogP contribution in [0.3, 0.4) is 0 Å². The summed E-state index contributed by atoms with van der Waals surface area (Å²) in [5, 5.41) is -0.0227. The van der Waals surface area contributed by atoms with E-state index in [0.717, 1.165) is 15.7 Å². The van der Waals surface area contributed by atoms with Gasteiger partial charge in [0, 0.05) is 27.2 Å². The molecule has 0 saturated carbocycles. The van der Waals surface area contributed by atoms with Crippen LogP contribution in [0.4, 0.5) is 0 Å². The van der Waals surface area contributed by atoms with Crippen LogP contribution in [0.2, 0.25) is 5.28 Å². The smallest absolute Gasteiger partial charge is 0.332 e. The Bertz CT molecular complexity index is 1320. The summed E-state index contributed by atoms with van der Waals surface area (Å²) in [5.41, 5.74) is 1.26. The molecule has 4 rings (SSSR count). The minimum Gasteiger partial charge on any atom is -0.493 e. The van der Waals surface area contributed by atoms with E-state index in [2.05, 4.69) is 4.98 Å². The SMILES string of the molecule is COc1cc2c(cc1OC)CN(C(=O)Cn1c(Cl)nc3c1c(=O)n(C)c(=O)n3C)CC2. The molecule has 10 nitrogen and oxygen atoms in total. The number of aromatic nitrogens is 4. The molecule has 0 fully saturated rings. The molecule has 1 amide bonds. The molecule has 0 N–H and O–H groups in total. The van der Waals surface area contributed by atoms with Gasteiger partial charge in [-0.2, -0.15) is 4.98 Å². The Hall–Kier alpha value is -3.27. The number of fused-ring (bicyclic) bond motifs is 2. The number of methoxy groups -OCH3 is 2. The number of hydrogen-bond acceptors (Lipinski definition) is 6. The van der Waals surface area contributed by atoms with E-state index in [4.69, 9.17) is 21.1 Å². The number of rotatable bonds is 4. The van der Waals surface area contributed by atoms with Crippen LogP contribution >= 0.6 is 11.6 Å². The van der Waals surface area contributed by atoms with Gasteiger partial charge in [-0.25, -0.2) is 4.79 Å². The van der Waals surface area contributed by atoms with Crippen LogP contribution in [0, 0.1) is 0 Å². The number of carbonyl (C=O) groups excluding carboxylic acids is 1. The second-order valence-corrected chi connectivity index (χ2v) is 7.72. The lowest BCUT2D eigenvalue weighted by Gasteiger charge is -2.30.